The van der Waals surface area contributed by atoms with E-state index >= 15 is 0 Å². The number of amides is 2. The number of hydrogen-bond donors (Lipinski definition) is 1. The van der Waals surface area contributed by atoms with Gasteiger partial charge in [0, 0.05) is 28.5 Å². The highest BCUT2D eigenvalue weighted by Crippen LogP contribution is 2.24. The molecule has 3 rings (SSSR count). The number of nitrogens with one attached hydrogen (secondary N) is 1. The van der Waals surface area contributed by atoms with Crippen LogP contribution in [0.3, 0.4) is 0 Å². The van der Waals surface area contributed by atoms with Gasteiger partial charge in [-0.2, -0.15) is 0 Å². The van der Waals surface area contributed by atoms with E-state index in [1.165, 1.54) is 0 Å². The molecule has 4 nitrogen and oxygen atoms in total. The van der Waals surface area contributed by atoms with Gasteiger partial charge in [-0.25, -0.2) is 0 Å². The lowest BCUT2D eigenvalue weighted by Crippen LogP contribution is -2.54. The minimum Gasteiger partial charge on any atom is -0.350 e. The van der Waals surface area contributed by atoms with E-state index in [1.807, 2.05) is 82.3 Å². The number of rotatable bonds is 8. The van der Waals surface area contributed by atoms with Crippen molar-refractivity contribution in [3.8, 4) is 0 Å². The molecule has 3 aromatic rings. The molecule has 0 saturated heterocycles. The van der Waals surface area contributed by atoms with Crippen molar-refractivity contribution in [3.63, 3.8) is 0 Å². The molecule has 0 aromatic heterocycles. The maximum absolute atomic E-state index is 13.8. The van der Waals surface area contributed by atoms with Crippen LogP contribution in [0.25, 0.3) is 0 Å². The first-order valence-electron chi connectivity index (χ1n) is 11.7. The molecule has 3 aromatic carbocycles. The van der Waals surface area contributed by atoms with Crippen LogP contribution < -0.4 is 5.32 Å². The average molecular weight is 511 g/mol. The van der Waals surface area contributed by atoms with E-state index in [1.54, 1.807) is 23.1 Å². The fraction of sp³-hybridized carbons (Fsp3) is 0.310. The standard InChI is InChI=1S/C29H32Cl2N2O2/c1-20-10-12-22(13-11-20)19-33(27(34)17-23-14-15-24(30)18-25(23)31)26(28(35)32-29(2,3)4)16-21-8-6-5-7-9-21/h5-15,18,26H,16-17,19H2,1-4H3,(H,32,35). The van der Waals surface area contributed by atoms with Crippen LogP contribution in [0.2, 0.25) is 10.0 Å². The zero-order valence-corrected chi connectivity index (χ0v) is 22.2. The number of carbonyl (C=O) groups excluding carboxylic acids is 2. The van der Waals surface area contributed by atoms with Gasteiger partial charge in [0.2, 0.25) is 11.8 Å². The van der Waals surface area contributed by atoms with Crippen LogP contribution in [-0.4, -0.2) is 28.3 Å². The second kappa shape index (κ2) is 11.7. The third kappa shape index (κ3) is 8.12. The van der Waals surface area contributed by atoms with Gasteiger partial charge in [0.25, 0.3) is 0 Å². The summed E-state index contributed by atoms with van der Waals surface area (Å²) in [6, 6.07) is 22.2. The summed E-state index contributed by atoms with van der Waals surface area (Å²) in [6.45, 7) is 8.13. The molecular formula is C29H32Cl2N2O2. The normalized spacial score (nSPS) is 12.2. The smallest absolute Gasteiger partial charge is 0.243 e. The minimum absolute atomic E-state index is 0.0654. The summed E-state index contributed by atoms with van der Waals surface area (Å²) in [5.41, 5.74) is 3.29. The highest BCUT2D eigenvalue weighted by atomic mass is 35.5. The summed E-state index contributed by atoms with van der Waals surface area (Å²) in [5.74, 6) is -0.371. The molecule has 35 heavy (non-hydrogen) atoms. The van der Waals surface area contributed by atoms with Crippen LogP contribution in [0, 0.1) is 6.92 Å². The minimum atomic E-state index is -0.698. The molecule has 184 valence electrons. The van der Waals surface area contributed by atoms with Crippen LogP contribution in [0.1, 0.15) is 43.0 Å². The Morgan fingerprint density at radius 1 is 0.914 bits per heavy atom. The van der Waals surface area contributed by atoms with Gasteiger partial charge in [0.05, 0.1) is 6.42 Å². The van der Waals surface area contributed by atoms with Gasteiger partial charge in [0.15, 0.2) is 0 Å². The number of hydrogen-bond acceptors (Lipinski definition) is 2. The van der Waals surface area contributed by atoms with Gasteiger partial charge in [0.1, 0.15) is 6.04 Å². The second-order valence-corrected chi connectivity index (χ2v) is 10.7. The maximum Gasteiger partial charge on any atom is 0.243 e. The van der Waals surface area contributed by atoms with Crippen molar-refractivity contribution in [1.82, 2.24) is 10.2 Å². The van der Waals surface area contributed by atoms with Crippen molar-refractivity contribution >= 4 is 35.0 Å². The van der Waals surface area contributed by atoms with Gasteiger partial charge in [-0.3, -0.25) is 9.59 Å². The first-order chi connectivity index (χ1) is 16.5. The summed E-state index contributed by atoms with van der Waals surface area (Å²) in [7, 11) is 0. The quantitative estimate of drug-likeness (QED) is 0.381. The Bertz CT molecular complexity index is 1160. The van der Waals surface area contributed by atoms with Crippen LogP contribution in [0.4, 0.5) is 0 Å². The molecule has 1 atom stereocenters. The summed E-state index contributed by atoms with van der Waals surface area (Å²) in [4.78, 5) is 29.0. The molecule has 1 N–H and O–H groups in total. The Kier molecular flexibility index (Phi) is 8.98. The fourth-order valence-electron chi connectivity index (χ4n) is 3.83. The Morgan fingerprint density at radius 3 is 2.17 bits per heavy atom. The first-order valence-corrected chi connectivity index (χ1v) is 12.4. The lowest BCUT2D eigenvalue weighted by molar-refractivity contribution is -0.141. The number of nitrogens with zero attached hydrogens (tertiary/aromatic N) is 1. The van der Waals surface area contributed by atoms with Crippen LogP contribution >= 0.6 is 23.2 Å². The molecule has 0 bridgehead atoms. The lowest BCUT2D eigenvalue weighted by Gasteiger charge is -2.34. The molecule has 2 amide bonds. The third-order valence-corrected chi connectivity index (χ3v) is 6.19. The van der Waals surface area contributed by atoms with Crippen molar-refractivity contribution in [3.05, 3.63) is 105 Å². The van der Waals surface area contributed by atoms with Gasteiger partial charge in [-0.05, 0) is 56.5 Å². The lowest BCUT2D eigenvalue weighted by atomic mass is 9.99. The topological polar surface area (TPSA) is 49.4 Å². The van der Waals surface area contributed by atoms with E-state index in [4.69, 9.17) is 23.2 Å². The Morgan fingerprint density at radius 2 is 1.57 bits per heavy atom. The molecule has 1 unspecified atom stereocenters. The Hall–Kier alpha value is -2.82. The number of halogens is 2. The predicted octanol–water partition coefficient (Wildman–Crippen LogP) is 6.40. The fourth-order valence-corrected chi connectivity index (χ4v) is 4.30. The van der Waals surface area contributed by atoms with Crippen LogP contribution in [0.5, 0.6) is 0 Å². The van der Waals surface area contributed by atoms with Gasteiger partial charge in [-0.15, -0.1) is 0 Å². The molecule has 0 aliphatic heterocycles. The van der Waals surface area contributed by atoms with Crippen LogP contribution in [0.15, 0.2) is 72.8 Å². The van der Waals surface area contributed by atoms with Crippen molar-refractivity contribution in [2.24, 2.45) is 0 Å². The van der Waals surface area contributed by atoms with E-state index in [9.17, 15) is 9.59 Å². The highest BCUT2D eigenvalue weighted by molar-refractivity contribution is 6.35. The predicted molar refractivity (Wildman–Crippen MR) is 144 cm³/mol. The van der Waals surface area contributed by atoms with Gasteiger partial charge < -0.3 is 10.2 Å². The number of carbonyl (C=O) groups is 2. The van der Waals surface area contributed by atoms with E-state index < -0.39 is 11.6 Å². The van der Waals surface area contributed by atoms with Gasteiger partial charge >= 0.3 is 0 Å². The summed E-state index contributed by atoms with van der Waals surface area (Å²) in [5, 5.41) is 4.02. The molecule has 0 fully saturated rings. The molecule has 0 spiro atoms. The molecule has 0 aliphatic carbocycles. The summed E-state index contributed by atoms with van der Waals surface area (Å²) < 4.78 is 0. The van der Waals surface area contributed by atoms with Crippen molar-refractivity contribution < 1.29 is 9.59 Å². The van der Waals surface area contributed by atoms with E-state index in [2.05, 4.69) is 5.32 Å². The molecule has 0 radical (unpaired) electrons. The van der Waals surface area contributed by atoms with E-state index in [0.717, 1.165) is 16.7 Å². The molecule has 0 aliphatic rings. The molecule has 0 heterocycles. The summed E-state index contributed by atoms with van der Waals surface area (Å²) in [6.07, 6.45) is 0.463. The highest BCUT2D eigenvalue weighted by Gasteiger charge is 2.32. The van der Waals surface area contributed by atoms with Crippen molar-refractivity contribution in [2.75, 3.05) is 0 Å². The molecule has 0 saturated carbocycles. The Labute approximate surface area is 218 Å². The SMILES string of the molecule is Cc1ccc(CN(C(=O)Cc2ccc(Cl)cc2Cl)C(Cc2ccccc2)C(=O)NC(C)(C)C)cc1. The molecule has 6 heteroatoms. The van der Waals surface area contributed by atoms with Crippen LogP contribution in [-0.2, 0) is 29.0 Å². The number of aryl methyl sites for hydroxylation is 1. The first kappa shape index (κ1) is 26.8. The van der Waals surface area contributed by atoms with Crippen molar-refractivity contribution in [1.29, 1.82) is 0 Å². The van der Waals surface area contributed by atoms with E-state index in [0.29, 0.717) is 28.6 Å². The average Bonchev–Trinajstić information content (AvgIpc) is 2.78. The Balaban J connectivity index is 2.00. The largest absolute Gasteiger partial charge is 0.350 e. The zero-order valence-electron chi connectivity index (χ0n) is 20.6. The zero-order chi connectivity index (χ0) is 25.6. The van der Waals surface area contributed by atoms with Crippen molar-refractivity contribution in [2.45, 2.75) is 58.7 Å². The van der Waals surface area contributed by atoms with E-state index in [-0.39, 0.29) is 18.2 Å². The second-order valence-electron chi connectivity index (χ2n) is 9.86. The number of benzene rings is 3. The summed E-state index contributed by atoms with van der Waals surface area (Å²) >= 11 is 12.4. The van der Waals surface area contributed by atoms with Gasteiger partial charge in [-0.1, -0.05) is 89.4 Å². The monoisotopic (exact) mass is 510 g/mol. The third-order valence-electron chi connectivity index (χ3n) is 5.60. The molecular weight excluding hydrogens is 479 g/mol. The maximum atomic E-state index is 13.8.